The highest BCUT2D eigenvalue weighted by Gasteiger charge is 2.25. The Morgan fingerprint density at radius 3 is 2.81 bits per heavy atom. The molecule has 1 saturated heterocycles. The summed E-state index contributed by atoms with van der Waals surface area (Å²) in [6.07, 6.45) is 3.90. The molecule has 2 N–H and O–H groups in total. The summed E-state index contributed by atoms with van der Waals surface area (Å²) in [6, 6.07) is 0.404. The maximum atomic E-state index is 10.9. The number of nitrogens with zero attached hydrogens (tertiary/aromatic N) is 1. The molecule has 0 bridgehead atoms. The Kier molecular flexibility index (Phi) is 5.17. The van der Waals surface area contributed by atoms with Crippen molar-refractivity contribution in [1.29, 1.82) is 0 Å². The van der Waals surface area contributed by atoms with E-state index in [4.69, 9.17) is 0 Å². The Morgan fingerprint density at radius 1 is 1.56 bits per heavy atom. The second-order valence-corrected chi connectivity index (χ2v) is 6.42. The molecule has 0 aromatic heterocycles. The summed E-state index contributed by atoms with van der Waals surface area (Å²) in [6.45, 7) is 3.98. The normalized spacial score (nSPS) is 24.8. The molecule has 1 heterocycles. The summed E-state index contributed by atoms with van der Waals surface area (Å²) in [5.41, 5.74) is 0. The molecule has 1 aliphatic rings. The molecule has 5 nitrogen and oxygen atoms in total. The number of rotatable bonds is 6. The molecule has 96 valence electrons. The smallest absolute Gasteiger partial charge is 0.208 e. The van der Waals surface area contributed by atoms with E-state index in [0.717, 1.165) is 32.4 Å². The van der Waals surface area contributed by atoms with E-state index in [2.05, 4.69) is 9.62 Å². The monoisotopic (exact) mass is 250 g/mol. The zero-order valence-corrected chi connectivity index (χ0v) is 10.8. The molecule has 1 aliphatic heterocycles. The molecule has 0 amide bonds. The molecule has 0 unspecified atom stereocenters. The first-order valence-corrected chi connectivity index (χ1v) is 7.64. The summed E-state index contributed by atoms with van der Waals surface area (Å²) >= 11 is 0. The molecule has 0 spiro atoms. The minimum absolute atomic E-state index is 0.284. The van der Waals surface area contributed by atoms with Crippen molar-refractivity contribution in [3.63, 3.8) is 0 Å². The van der Waals surface area contributed by atoms with Crippen LogP contribution < -0.4 is 4.72 Å². The summed E-state index contributed by atoms with van der Waals surface area (Å²) in [5, 5.41) is 9.35. The highest BCUT2D eigenvalue weighted by Crippen LogP contribution is 2.20. The first-order valence-electron chi connectivity index (χ1n) is 5.75. The number of sulfonamides is 1. The standard InChI is InChI=1S/C10H22N2O3S/c1-9(13)8-10-4-3-6-12(10)7-5-11-16(2,14)15/h9-11,13H,3-8H2,1-2H3/t9-,10-/m0/s1. The van der Waals surface area contributed by atoms with E-state index in [-0.39, 0.29) is 6.10 Å². The third kappa shape index (κ3) is 5.25. The van der Waals surface area contributed by atoms with Gasteiger partial charge < -0.3 is 5.11 Å². The van der Waals surface area contributed by atoms with Crippen LogP contribution in [0.1, 0.15) is 26.2 Å². The van der Waals surface area contributed by atoms with Crippen LogP contribution in [0, 0.1) is 0 Å². The average molecular weight is 250 g/mol. The van der Waals surface area contributed by atoms with Crippen molar-refractivity contribution in [3.8, 4) is 0 Å². The Balaban J connectivity index is 2.30. The fraction of sp³-hybridized carbons (Fsp3) is 1.00. The molecular formula is C10H22N2O3S. The van der Waals surface area contributed by atoms with E-state index in [1.54, 1.807) is 6.92 Å². The van der Waals surface area contributed by atoms with Gasteiger partial charge in [0.2, 0.25) is 10.0 Å². The van der Waals surface area contributed by atoms with Crippen LogP contribution in [0.2, 0.25) is 0 Å². The first-order chi connectivity index (χ1) is 7.38. The lowest BCUT2D eigenvalue weighted by Gasteiger charge is -2.25. The number of aliphatic hydroxyl groups excluding tert-OH is 1. The number of aliphatic hydroxyl groups is 1. The van der Waals surface area contributed by atoms with E-state index < -0.39 is 10.0 Å². The fourth-order valence-electron chi connectivity index (χ4n) is 2.22. The quantitative estimate of drug-likeness (QED) is 0.683. The van der Waals surface area contributed by atoms with E-state index in [9.17, 15) is 13.5 Å². The van der Waals surface area contributed by atoms with Gasteiger partial charge in [-0.2, -0.15) is 0 Å². The molecule has 0 aromatic rings. The lowest BCUT2D eigenvalue weighted by Crippen LogP contribution is -2.38. The van der Waals surface area contributed by atoms with Gasteiger partial charge in [0.15, 0.2) is 0 Å². The lowest BCUT2D eigenvalue weighted by atomic mass is 10.1. The summed E-state index contributed by atoms with van der Waals surface area (Å²) in [7, 11) is -3.08. The van der Waals surface area contributed by atoms with Gasteiger partial charge in [-0.15, -0.1) is 0 Å². The van der Waals surface area contributed by atoms with Crippen LogP contribution in [-0.4, -0.2) is 56.5 Å². The Bertz CT molecular complexity index is 303. The van der Waals surface area contributed by atoms with Crippen LogP contribution in [0.15, 0.2) is 0 Å². The van der Waals surface area contributed by atoms with E-state index in [1.165, 1.54) is 6.26 Å². The second-order valence-electron chi connectivity index (χ2n) is 4.58. The summed E-state index contributed by atoms with van der Waals surface area (Å²) < 4.78 is 24.3. The predicted octanol–water partition coefficient (Wildman–Crippen LogP) is -0.229. The van der Waals surface area contributed by atoms with Crippen molar-refractivity contribution in [2.45, 2.75) is 38.3 Å². The molecule has 16 heavy (non-hydrogen) atoms. The van der Waals surface area contributed by atoms with Gasteiger partial charge >= 0.3 is 0 Å². The van der Waals surface area contributed by atoms with Crippen molar-refractivity contribution in [1.82, 2.24) is 9.62 Å². The predicted molar refractivity (Wildman–Crippen MR) is 63.7 cm³/mol. The molecule has 1 fully saturated rings. The first kappa shape index (κ1) is 13.9. The zero-order valence-electron chi connectivity index (χ0n) is 10.0. The molecule has 0 radical (unpaired) electrons. The van der Waals surface area contributed by atoms with Gasteiger partial charge in [0.1, 0.15) is 0 Å². The van der Waals surface area contributed by atoms with Crippen molar-refractivity contribution >= 4 is 10.0 Å². The van der Waals surface area contributed by atoms with Gasteiger partial charge in [-0.25, -0.2) is 13.1 Å². The lowest BCUT2D eigenvalue weighted by molar-refractivity contribution is 0.135. The van der Waals surface area contributed by atoms with Gasteiger partial charge in [-0.05, 0) is 32.7 Å². The van der Waals surface area contributed by atoms with Crippen LogP contribution in [0.25, 0.3) is 0 Å². The van der Waals surface area contributed by atoms with Crippen molar-refractivity contribution in [2.24, 2.45) is 0 Å². The van der Waals surface area contributed by atoms with Crippen LogP contribution >= 0.6 is 0 Å². The SMILES string of the molecule is C[C@H](O)C[C@@H]1CCCN1CCNS(C)(=O)=O. The summed E-state index contributed by atoms with van der Waals surface area (Å²) in [5.74, 6) is 0. The molecule has 6 heteroatoms. The molecule has 1 rings (SSSR count). The average Bonchev–Trinajstić information content (AvgIpc) is 2.49. The minimum Gasteiger partial charge on any atom is -0.393 e. The van der Waals surface area contributed by atoms with Crippen molar-refractivity contribution in [2.75, 3.05) is 25.9 Å². The molecule has 0 aromatic carbocycles. The molecule has 0 saturated carbocycles. The third-order valence-corrected chi connectivity index (χ3v) is 3.60. The Morgan fingerprint density at radius 2 is 2.25 bits per heavy atom. The van der Waals surface area contributed by atoms with E-state index in [0.29, 0.717) is 12.6 Å². The second kappa shape index (κ2) is 5.95. The highest BCUT2D eigenvalue weighted by molar-refractivity contribution is 7.88. The van der Waals surface area contributed by atoms with Gasteiger partial charge in [0.05, 0.1) is 12.4 Å². The van der Waals surface area contributed by atoms with Gasteiger partial charge in [-0.3, -0.25) is 4.90 Å². The Labute approximate surface area is 97.9 Å². The summed E-state index contributed by atoms with van der Waals surface area (Å²) in [4.78, 5) is 2.25. The number of nitrogens with one attached hydrogen (secondary N) is 1. The number of hydrogen-bond donors (Lipinski definition) is 2. The zero-order chi connectivity index (χ0) is 12.2. The maximum absolute atomic E-state index is 10.9. The molecule has 2 atom stereocenters. The minimum atomic E-state index is -3.08. The van der Waals surface area contributed by atoms with Gasteiger partial charge in [-0.1, -0.05) is 0 Å². The van der Waals surface area contributed by atoms with Gasteiger partial charge in [0.25, 0.3) is 0 Å². The highest BCUT2D eigenvalue weighted by atomic mass is 32.2. The molecule has 0 aliphatic carbocycles. The van der Waals surface area contributed by atoms with Crippen LogP contribution in [0.4, 0.5) is 0 Å². The van der Waals surface area contributed by atoms with Crippen LogP contribution in [0.5, 0.6) is 0 Å². The number of likely N-dealkylation sites (tertiary alicyclic amines) is 1. The van der Waals surface area contributed by atoms with E-state index >= 15 is 0 Å². The number of hydrogen-bond acceptors (Lipinski definition) is 4. The van der Waals surface area contributed by atoms with Crippen LogP contribution in [-0.2, 0) is 10.0 Å². The van der Waals surface area contributed by atoms with Crippen molar-refractivity contribution < 1.29 is 13.5 Å². The Hall–Kier alpha value is -0.170. The maximum Gasteiger partial charge on any atom is 0.208 e. The molecular weight excluding hydrogens is 228 g/mol. The van der Waals surface area contributed by atoms with E-state index in [1.807, 2.05) is 0 Å². The topological polar surface area (TPSA) is 69.6 Å². The fourth-order valence-corrected chi connectivity index (χ4v) is 2.69. The van der Waals surface area contributed by atoms with Gasteiger partial charge in [0, 0.05) is 19.1 Å². The third-order valence-electron chi connectivity index (χ3n) is 2.88. The largest absolute Gasteiger partial charge is 0.393 e. The van der Waals surface area contributed by atoms with Crippen LogP contribution in [0.3, 0.4) is 0 Å². The van der Waals surface area contributed by atoms with Crippen molar-refractivity contribution in [3.05, 3.63) is 0 Å².